The number of nitrogens with one attached hydrogen (secondary N) is 1. The molecule has 7 heteroatoms. The zero-order valence-electron chi connectivity index (χ0n) is 10.5. The number of nitrogens with zero attached hydrogens (tertiary/aromatic N) is 4. The zero-order valence-corrected chi connectivity index (χ0v) is 10.5. The van der Waals surface area contributed by atoms with Gasteiger partial charge in [0.05, 0.1) is 0 Å². The predicted molar refractivity (Wildman–Crippen MR) is 70.7 cm³/mol. The smallest absolute Gasteiger partial charge is 0.231 e. The van der Waals surface area contributed by atoms with Crippen LogP contribution in [0.1, 0.15) is 5.56 Å². The van der Waals surface area contributed by atoms with Gasteiger partial charge in [0.1, 0.15) is 6.33 Å². The Balaban J connectivity index is 1.57. The van der Waals surface area contributed by atoms with Crippen molar-refractivity contribution in [1.29, 1.82) is 0 Å². The van der Waals surface area contributed by atoms with Crippen molar-refractivity contribution >= 4 is 11.5 Å². The van der Waals surface area contributed by atoms with E-state index in [9.17, 15) is 0 Å². The van der Waals surface area contributed by atoms with E-state index < -0.39 is 0 Å². The number of hydrogen-bond acceptors (Lipinski definition) is 6. The van der Waals surface area contributed by atoms with Gasteiger partial charge in [-0.3, -0.25) is 4.40 Å². The second kappa shape index (κ2) is 4.37. The highest BCUT2D eigenvalue weighted by atomic mass is 16.7. The summed E-state index contributed by atoms with van der Waals surface area (Å²) in [7, 11) is 0. The second-order valence-electron chi connectivity index (χ2n) is 4.38. The molecule has 20 heavy (non-hydrogen) atoms. The van der Waals surface area contributed by atoms with Crippen LogP contribution in [0, 0.1) is 0 Å². The Labute approximate surface area is 114 Å². The normalized spacial score (nSPS) is 12.8. The molecule has 4 rings (SSSR count). The molecule has 1 aromatic carbocycles. The fourth-order valence-electron chi connectivity index (χ4n) is 2.12. The lowest BCUT2D eigenvalue weighted by Crippen LogP contribution is -2.03. The minimum absolute atomic E-state index is 0.285. The minimum Gasteiger partial charge on any atom is -0.454 e. The first-order chi connectivity index (χ1) is 9.90. The molecule has 0 saturated carbocycles. The first kappa shape index (κ1) is 11.0. The van der Waals surface area contributed by atoms with Crippen molar-refractivity contribution in [2.75, 3.05) is 12.1 Å². The van der Waals surface area contributed by atoms with Crippen molar-refractivity contribution in [1.82, 2.24) is 19.6 Å². The van der Waals surface area contributed by atoms with Crippen molar-refractivity contribution in [2.45, 2.75) is 6.54 Å². The molecule has 0 aliphatic carbocycles. The molecular weight excluding hydrogens is 258 g/mol. The lowest BCUT2D eigenvalue weighted by atomic mass is 10.2. The van der Waals surface area contributed by atoms with E-state index in [1.165, 1.54) is 0 Å². The quantitative estimate of drug-likeness (QED) is 0.776. The fourth-order valence-corrected chi connectivity index (χ4v) is 2.12. The van der Waals surface area contributed by atoms with Crippen molar-refractivity contribution < 1.29 is 9.47 Å². The standard InChI is InChI=1S/C13H11N5O2/c1-2-10-11(20-8-19-10)5-9(1)6-15-12-13-17-16-7-18(13)4-3-14-12/h1-5,7H,6,8H2,(H,14,15). The molecule has 0 fully saturated rings. The summed E-state index contributed by atoms with van der Waals surface area (Å²) in [5, 5.41) is 11.1. The van der Waals surface area contributed by atoms with Gasteiger partial charge in [-0.05, 0) is 17.7 Å². The maximum absolute atomic E-state index is 5.36. The first-order valence-electron chi connectivity index (χ1n) is 6.17. The summed E-state index contributed by atoms with van der Waals surface area (Å²) in [5.74, 6) is 2.26. The first-order valence-corrected chi connectivity index (χ1v) is 6.17. The van der Waals surface area contributed by atoms with Crippen LogP contribution in [0.2, 0.25) is 0 Å². The average molecular weight is 269 g/mol. The third kappa shape index (κ3) is 1.80. The van der Waals surface area contributed by atoms with E-state index >= 15 is 0 Å². The van der Waals surface area contributed by atoms with Gasteiger partial charge in [-0.15, -0.1) is 10.2 Å². The van der Waals surface area contributed by atoms with Crippen LogP contribution in [0.15, 0.2) is 36.9 Å². The molecule has 1 aliphatic rings. The average Bonchev–Trinajstić information content (AvgIpc) is 3.13. The molecule has 1 aliphatic heterocycles. The molecule has 0 spiro atoms. The molecule has 2 aromatic heterocycles. The molecule has 0 radical (unpaired) electrons. The number of ether oxygens (including phenoxy) is 2. The summed E-state index contributed by atoms with van der Waals surface area (Å²) in [6.45, 7) is 0.906. The zero-order chi connectivity index (χ0) is 13.4. The summed E-state index contributed by atoms with van der Waals surface area (Å²) >= 11 is 0. The van der Waals surface area contributed by atoms with Gasteiger partial charge in [-0.2, -0.15) is 0 Å². The summed E-state index contributed by atoms with van der Waals surface area (Å²) < 4.78 is 12.5. The Morgan fingerprint density at radius 2 is 2.20 bits per heavy atom. The van der Waals surface area contributed by atoms with E-state index in [4.69, 9.17) is 9.47 Å². The number of fused-ring (bicyclic) bond motifs is 2. The highest BCUT2D eigenvalue weighted by Gasteiger charge is 2.13. The third-order valence-electron chi connectivity index (χ3n) is 3.11. The van der Waals surface area contributed by atoms with Gasteiger partial charge >= 0.3 is 0 Å². The highest BCUT2D eigenvalue weighted by Crippen LogP contribution is 2.32. The van der Waals surface area contributed by atoms with Crippen LogP contribution in [-0.2, 0) is 6.54 Å². The minimum atomic E-state index is 0.285. The Hall–Kier alpha value is -2.83. The third-order valence-corrected chi connectivity index (χ3v) is 3.11. The molecule has 0 saturated heterocycles. The maximum Gasteiger partial charge on any atom is 0.231 e. The molecule has 1 N–H and O–H groups in total. The van der Waals surface area contributed by atoms with Crippen LogP contribution in [0.3, 0.4) is 0 Å². The predicted octanol–water partition coefficient (Wildman–Crippen LogP) is 1.47. The molecule has 3 heterocycles. The molecule has 0 atom stereocenters. The van der Waals surface area contributed by atoms with Crippen molar-refractivity contribution in [3.63, 3.8) is 0 Å². The van der Waals surface area contributed by atoms with Crippen LogP contribution >= 0.6 is 0 Å². The number of rotatable bonds is 3. The summed E-state index contributed by atoms with van der Waals surface area (Å²) in [6, 6.07) is 5.86. The van der Waals surface area contributed by atoms with E-state index in [0.29, 0.717) is 18.0 Å². The molecule has 0 unspecified atom stereocenters. The molecule has 3 aromatic rings. The SMILES string of the molecule is c1cn2cnnc2c(NCc2ccc3c(c2)OCO3)n1. The van der Waals surface area contributed by atoms with E-state index in [-0.39, 0.29) is 6.79 Å². The second-order valence-corrected chi connectivity index (χ2v) is 4.38. The summed E-state index contributed by atoms with van der Waals surface area (Å²) in [4.78, 5) is 4.28. The largest absolute Gasteiger partial charge is 0.454 e. The van der Waals surface area contributed by atoms with Gasteiger partial charge in [0.15, 0.2) is 17.3 Å². The fraction of sp³-hybridized carbons (Fsp3) is 0.154. The van der Waals surface area contributed by atoms with Crippen molar-refractivity contribution in [3.05, 3.63) is 42.5 Å². The number of aromatic nitrogens is 4. The van der Waals surface area contributed by atoms with Crippen LogP contribution in [0.5, 0.6) is 11.5 Å². The lowest BCUT2D eigenvalue weighted by Gasteiger charge is -2.07. The Bertz CT molecular complexity index is 770. The van der Waals surface area contributed by atoms with Gasteiger partial charge < -0.3 is 14.8 Å². The van der Waals surface area contributed by atoms with Gasteiger partial charge in [-0.25, -0.2) is 4.98 Å². The van der Waals surface area contributed by atoms with Crippen LogP contribution < -0.4 is 14.8 Å². The topological polar surface area (TPSA) is 73.6 Å². The molecule has 7 nitrogen and oxygen atoms in total. The summed E-state index contributed by atoms with van der Waals surface area (Å²) in [5.41, 5.74) is 1.78. The molecule has 0 bridgehead atoms. The number of anilines is 1. The number of hydrogen-bond donors (Lipinski definition) is 1. The van der Waals surface area contributed by atoms with Crippen LogP contribution in [-0.4, -0.2) is 26.4 Å². The van der Waals surface area contributed by atoms with E-state index in [2.05, 4.69) is 20.5 Å². The maximum atomic E-state index is 5.36. The van der Waals surface area contributed by atoms with E-state index in [1.54, 1.807) is 18.7 Å². The Morgan fingerprint density at radius 1 is 1.25 bits per heavy atom. The van der Waals surface area contributed by atoms with Gasteiger partial charge in [0.25, 0.3) is 0 Å². The lowest BCUT2D eigenvalue weighted by molar-refractivity contribution is 0.174. The van der Waals surface area contributed by atoms with Crippen LogP contribution in [0.4, 0.5) is 5.82 Å². The Kier molecular flexibility index (Phi) is 2.41. The van der Waals surface area contributed by atoms with E-state index in [1.807, 2.05) is 22.6 Å². The van der Waals surface area contributed by atoms with Crippen molar-refractivity contribution in [3.8, 4) is 11.5 Å². The van der Waals surface area contributed by atoms with Gasteiger partial charge in [0, 0.05) is 18.9 Å². The molecule has 0 amide bonds. The van der Waals surface area contributed by atoms with Crippen LogP contribution in [0.25, 0.3) is 5.65 Å². The highest BCUT2D eigenvalue weighted by molar-refractivity contribution is 5.61. The van der Waals surface area contributed by atoms with Gasteiger partial charge in [-0.1, -0.05) is 6.07 Å². The molecule has 100 valence electrons. The molecular formula is C13H11N5O2. The number of benzene rings is 1. The van der Waals surface area contributed by atoms with E-state index in [0.717, 1.165) is 17.1 Å². The Morgan fingerprint density at radius 3 is 3.20 bits per heavy atom. The summed E-state index contributed by atoms with van der Waals surface area (Å²) in [6.07, 6.45) is 5.15. The van der Waals surface area contributed by atoms with Crippen molar-refractivity contribution in [2.24, 2.45) is 0 Å². The monoisotopic (exact) mass is 269 g/mol. The van der Waals surface area contributed by atoms with Gasteiger partial charge in [0.2, 0.25) is 12.4 Å².